The van der Waals surface area contributed by atoms with Crippen LogP contribution in [0.25, 0.3) is 0 Å². The normalized spacial score (nSPS) is 31.8. The Morgan fingerprint density at radius 3 is 2.72 bits per heavy atom. The van der Waals surface area contributed by atoms with Gasteiger partial charge in [0.2, 0.25) is 5.91 Å². The fraction of sp³-hybridized carbons (Fsp3) is 0.833. The minimum absolute atomic E-state index is 0.00935. The molecule has 3 atom stereocenters. The molecule has 2 rings (SSSR count). The summed E-state index contributed by atoms with van der Waals surface area (Å²) in [6.45, 7) is 2.07. The van der Waals surface area contributed by atoms with Gasteiger partial charge in [-0.25, -0.2) is 4.79 Å². The van der Waals surface area contributed by atoms with Gasteiger partial charge in [0.25, 0.3) is 0 Å². The zero-order chi connectivity index (χ0) is 13.1. The highest BCUT2D eigenvalue weighted by Crippen LogP contribution is 2.36. The smallest absolute Gasteiger partial charge is 0.327 e. The highest BCUT2D eigenvalue weighted by atomic mass is 32.2. The summed E-state index contributed by atoms with van der Waals surface area (Å²) >= 11 is 3.29. The van der Waals surface area contributed by atoms with E-state index in [9.17, 15) is 14.7 Å². The minimum atomic E-state index is -0.863. The number of carboxylic acids is 1. The average molecular weight is 289 g/mol. The van der Waals surface area contributed by atoms with Crippen LogP contribution >= 0.6 is 23.5 Å². The van der Waals surface area contributed by atoms with Crippen LogP contribution in [0.2, 0.25) is 0 Å². The molecule has 0 aromatic heterocycles. The molecule has 2 aliphatic heterocycles. The van der Waals surface area contributed by atoms with E-state index >= 15 is 0 Å². The molecule has 0 saturated carbocycles. The number of carbonyl (C=O) groups is 2. The Hall–Kier alpha value is -0.360. The van der Waals surface area contributed by atoms with Crippen molar-refractivity contribution in [3.05, 3.63) is 0 Å². The van der Waals surface area contributed by atoms with E-state index in [1.54, 1.807) is 28.4 Å². The number of carboxylic acid groups (broad SMARTS) is 1. The molecule has 2 aliphatic rings. The maximum Gasteiger partial charge on any atom is 0.327 e. The summed E-state index contributed by atoms with van der Waals surface area (Å²) in [6.07, 6.45) is 3.83. The van der Waals surface area contributed by atoms with Gasteiger partial charge in [-0.15, -0.1) is 23.5 Å². The third kappa shape index (κ3) is 2.79. The highest BCUT2D eigenvalue weighted by molar-refractivity contribution is 8.01. The molecule has 0 aromatic carbocycles. The lowest BCUT2D eigenvalue weighted by Crippen LogP contribution is -2.48. The lowest BCUT2D eigenvalue weighted by Gasteiger charge is -2.29. The van der Waals surface area contributed by atoms with Crippen molar-refractivity contribution < 1.29 is 14.7 Å². The van der Waals surface area contributed by atoms with Gasteiger partial charge in [-0.1, -0.05) is 13.3 Å². The number of nitrogens with zero attached hydrogens (tertiary/aromatic N) is 1. The number of rotatable bonds is 4. The van der Waals surface area contributed by atoms with Crippen molar-refractivity contribution >= 4 is 35.4 Å². The van der Waals surface area contributed by atoms with Crippen LogP contribution in [0, 0.1) is 0 Å². The summed E-state index contributed by atoms with van der Waals surface area (Å²) in [4.78, 5) is 25.4. The monoisotopic (exact) mass is 289 g/mol. The van der Waals surface area contributed by atoms with Crippen molar-refractivity contribution in [2.24, 2.45) is 0 Å². The van der Waals surface area contributed by atoms with Gasteiger partial charge in [0.15, 0.2) is 0 Å². The fourth-order valence-electron chi connectivity index (χ4n) is 2.46. The van der Waals surface area contributed by atoms with Gasteiger partial charge in [-0.2, -0.15) is 0 Å². The fourth-order valence-corrected chi connectivity index (χ4v) is 5.19. The molecule has 0 aromatic rings. The lowest BCUT2D eigenvalue weighted by atomic mass is 10.1. The molecule has 18 heavy (non-hydrogen) atoms. The first kappa shape index (κ1) is 14.1. The van der Waals surface area contributed by atoms with Crippen LogP contribution in [0.4, 0.5) is 0 Å². The average Bonchev–Trinajstić information content (AvgIpc) is 2.97. The molecule has 0 aliphatic carbocycles. The highest BCUT2D eigenvalue weighted by Gasteiger charge is 2.43. The Morgan fingerprint density at radius 1 is 1.39 bits per heavy atom. The summed E-state index contributed by atoms with van der Waals surface area (Å²) in [6, 6.07) is -0.625. The van der Waals surface area contributed by atoms with E-state index < -0.39 is 12.0 Å². The van der Waals surface area contributed by atoms with Gasteiger partial charge < -0.3 is 10.0 Å². The van der Waals surface area contributed by atoms with E-state index in [0.29, 0.717) is 5.75 Å². The molecule has 0 spiro atoms. The number of aliphatic carboxylic acids is 1. The summed E-state index contributed by atoms with van der Waals surface area (Å²) < 4.78 is 0. The Labute approximate surface area is 116 Å². The Bertz CT molecular complexity index is 331. The van der Waals surface area contributed by atoms with Crippen LogP contribution < -0.4 is 0 Å². The zero-order valence-electron chi connectivity index (χ0n) is 10.5. The largest absolute Gasteiger partial charge is 0.480 e. The summed E-state index contributed by atoms with van der Waals surface area (Å²) in [5.41, 5.74) is 0. The molecule has 0 radical (unpaired) electrons. The molecule has 4 nitrogen and oxygen atoms in total. The summed E-state index contributed by atoms with van der Waals surface area (Å²) in [7, 11) is 0. The molecule has 3 unspecified atom stereocenters. The van der Waals surface area contributed by atoms with Crippen LogP contribution in [0.5, 0.6) is 0 Å². The van der Waals surface area contributed by atoms with Crippen molar-refractivity contribution in [2.75, 3.05) is 11.5 Å². The first-order valence-corrected chi connectivity index (χ1v) is 8.53. The van der Waals surface area contributed by atoms with Crippen molar-refractivity contribution in [1.29, 1.82) is 0 Å². The van der Waals surface area contributed by atoms with Crippen molar-refractivity contribution in [2.45, 2.75) is 49.3 Å². The molecule has 2 saturated heterocycles. The van der Waals surface area contributed by atoms with E-state index in [2.05, 4.69) is 6.92 Å². The molecular weight excluding hydrogens is 270 g/mol. The van der Waals surface area contributed by atoms with Crippen LogP contribution in [0.1, 0.15) is 32.6 Å². The van der Waals surface area contributed by atoms with Crippen LogP contribution in [0.3, 0.4) is 0 Å². The summed E-state index contributed by atoms with van der Waals surface area (Å²) in [5.74, 6) is 0.738. The molecular formula is C12H19NO3S2. The molecule has 2 heterocycles. The lowest BCUT2D eigenvalue weighted by molar-refractivity contribution is -0.148. The van der Waals surface area contributed by atoms with Gasteiger partial charge in [0, 0.05) is 5.75 Å². The number of carbonyl (C=O) groups excluding carboxylic acids is 1. The van der Waals surface area contributed by atoms with E-state index in [1.165, 1.54) is 0 Å². The topological polar surface area (TPSA) is 57.6 Å². The van der Waals surface area contributed by atoms with Gasteiger partial charge in [0.1, 0.15) is 6.04 Å². The second-order valence-corrected chi connectivity index (χ2v) is 7.20. The van der Waals surface area contributed by atoms with Crippen LogP contribution in [0.15, 0.2) is 0 Å². The Balaban J connectivity index is 2.11. The first-order valence-electron chi connectivity index (χ1n) is 6.43. The molecule has 1 N–H and O–H groups in total. The number of hydrogen-bond donors (Lipinski definition) is 1. The quantitative estimate of drug-likeness (QED) is 0.858. The van der Waals surface area contributed by atoms with Gasteiger partial charge in [0.05, 0.1) is 10.6 Å². The Morgan fingerprint density at radius 2 is 2.17 bits per heavy atom. The van der Waals surface area contributed by atoms with Crippen molar-refractivity contribution in [1.82, 2.24) is 4.90 Å². The Kier molecular flexibility index (Phi) is 4.84. The second kappa shape index (κ2) is 6.19. The van der Waals surface area contributed by atoms with Gasteiger partial charge in [-0.05, 0) is 25.0 Å². The van der Waals surface area contributed by atoms with Gasteiger partial charge in [-0.3, -0.25) is 4.79 Å². The number of thioether (sulfide) groups is 2. The minimum Gasteiger partial charge on any atom is -0.480 e. The third-order valence-electron chi connectivity index (χ3n) is 3.37. The third-order valence-corrected chi connectivity index (χ3v) is 6.09. The maximum absolute atomic E-state index is 12.5. The SMILES string of the molecule is CCCC1SCC(C(=O)O)N1C(=O)C1CCCS1. The molecule has 102 valence electrons. The second-order valence-electron chi connectivity index (χ2n) is 4.68. The number of amides is 1. The predicted octanol–water partition coefficient (Wildman–Crippen LogP) is 2.04. The van der Waals surface area contributed by atoms with E-state index in [0.717, 1.165) is 31.4 Å². The molecule has 6 heteroatoms. The zero-order valence-corrected chi connectivity index (χ0v) is 12.1. The molecule has 2 fully saturated rings. The maximum atomic E-state index is 12.5. The van der Waals surface area contributed by atoms with Crippen molar-refractivity contribution in [3.8, 4) is 0 Å². The predicted molar refractivity (Wildman–Crippen MR) is 74.9 cm³/mol. The first-order chi connectivity index (χ1) is 8.65. The summed E-state index contributed by atoms with van der Waals surface area (Å²) in [5, 5.41) is 9.30. The molecule has 1 amide bonds. The van der Waals surface area contributed by atoms with Crippen LogP contribution in [-0.4, -0.2) is 50.1 Å². The van der Waals surface area contributed by atoms with Gasteiger partial charge >= 0.3 is 5.97 Å². The van der Waals surface area contributed by atoms with E-state index in [1.807, 2.05) is 0 Å². The van der Waals surface area contributed by atoms with Crippen molar-refractivity contribution in [3.63, 3.8) is 0 Å². The number of hydrogen-bond acceptors (Lipinski definition) is 4. The standard InChI is InChI=1S/C12H19NO3S2/c1-2-4-10-13(8(7-18-10)12(15)16)11(14)9-5-3-6-17-9/h8-10H,2-7H2,1H3,(H,15,16). The van der Waals surface area contributed by atoms with E-state index in [4.69, 9.17) is 0 Å². The van der Waals surface area contributed by atoms with E-state index in [-0.39, 0.29) is 16.5 Å². The van der Waals surface area contributed by atoms with Crippen LogP contribution in [-0.2, 0) is 9.59 Å². The molecule has 0 bridgehead atoms.